The number of amides is 1. The lowest BCUT2D eigenvalue weighted by atomic mass is 10.1. The van der Waals surface area contributed by atoms with E-state index in [1.165, 1.54) is 22.1 Å². The number of nitrogens with zero attached hydrogens (tertiary/aromatic N) is 6. The average molecular weight is 443 g/mol. The van der Waals surface area contributed by atoms with Crippen molar-refractivity contribution in [3.8, 4) is 11.4 Å². The fraction of sp³-hybridized carbons (Fsp3) is 0.350. The summed E-state index contributed by atoms with van der Waals surface area (Å²) in [6, 6.07) is 3.32. The van der Waals surface area contributed by atoms with Gasteiger partial charge in [0.2, 0.25) is 5.91 Å². The highest BCUT2D eigenvalue weighted by Gasteiger charge is 2.29. The number of pyridine rings is 1. The number of carbonyl (C=O) groups is 1. The predicted molar refractivity (Wildman–Crippen MR) is 112 cm³/mol. The van der Waals surface area contributed by atoms with Crippen LogP contribution in [0.15, 0.2) is 23.7 Å². The van der Waals surface area contributed by atoms with E-state index >= 15 is 0 Å². The van der Waals surface area contributed by atoms with Gasteiger partial charge in [-0.1, -0.05) is 0 Å². The van der Waals surface area contributed by atoms with Gasteiger partial charge < -0.3 is 5.32 Å². The molecule has 31 heavy (non-hydrogen) atoms. The van der Waals surface area contributed by atoms with E-state index in [9.17, 15) is 13.6 Å². The first-order chi connectivity index (χ1) is 14.9. The van der Waals surface area contributed by atoms with Crippen LogP contribution in [-0.4, -0.2) is 35.4 Å². The molecule has 0 aliphatic heterocycles. The summed E-state index contributed by atoms with van der Waals surface area (Å²) in [5, 5.41) is 13.8. The van der Waals surface area contributed by atoms with E-state index in [-0.39, 0.29) is 23.9 Å². The summed E-state index contributed by atoms with van der Waals surface area (Å²) < 4.78 is 30.5. The Bertz CT molecular complexity index is 1290. The van der Waals surface area contributed by atoms with Crippen molar-refractivity contribution in [2.24, 2.45) is 7.05 Å². The van der Waals surface area contributed by atoms with Gasteiger partial charge in [0.1, 0.15) is 12.2 Å². The molecule has 0 saturated heterocycles. The molecule has 160 valence electrons. The maximum atomic E-state index is 13.7. The summed E-state index contributed by atoms with van der Waals surface area (Å²) in [6.07, 6.45) is 0.929. The Hall–Kier alpha value is -3.21. The van der Waals surface area contributed by atoms with Crippen molar-refractivity contribution >= 4 is 33.4 Å². The number of nitrogens with one attached hydrogen (secondary N) is 1. The van der Waals surface area contributed by atoms with Crippen LogP contribution < -0.4 is 5.32 Å². The first kappa shape index (κ1) is 19.7. The van der Waals surface area contributed by atoms with E-state index in [1.807, 2.05) is 18.5 Å². The number of fused-ring (bicyclic) bond motifs is 1. The molecule has 4 heterocycles. The minimum absolute atomic E-state index is 0.0724. The molecular formula is C20H19F2N7OS. The number of carbonyl (C=O) groups excluding carboxylic acids is 1. The van der Waals surface area contributed by atoms with Crippen LogP contribution >= 0.6 is 11.3 Å². The van der Waals surface area contributed by atoms with Gasteiger partial charge in [0.05, 0.1) is 16.8 Å². The van der Waals surface area contributed by atoms with Crippen LogP contribution in [0.5, 0.6) is 0 Å². The number of hydrogen-bond acceptors (Lipinski definition) is 6. The van der Waals surface area contributed by atoms with Crippen LogP contribution in [0.4, 0.5) is 13.9 Å². The van der Waals surface area contributed by atoms with Crippen molar-refractivity contribution in [3.63, 3.8) is 0 Å². The maximum absolute atomic E-state index is 13.7. The third-order valence-corrected chi connectivity index (χ3v) is 6.04. The molecule has 1 saturated carbocycles. The number of anilines is 1. The van der Waals surface area contributed by atoms with Crippen molar-refractivity contribution in [1.29, 1.82) is 0 Å². The van der Waals surface area contributed by atoms with E-state index in [1.54, 1.807) is 17.8 Å². The van der Waals surface area contributed by atoms with Gasteiger partial charge >= 0.3 is 0 Å². The topological polar surface area (TPSA) is 90.5 Å². The van der Waals surface area contributed by atoms with Crippen LogP contribution in [-0.2, 0) is 18.4 Å². The van der Waals surface area contributed by atoms with Gasteiger partial charge in [-0.2, -0.15) is 10.2 Å². The largest absolute Gasteiger partial charge is 0.300 e. The van der Waals surface area contributed by atoms with Crippen LogP contribution in [0.2, 0.25) is 0 Å². The lowest BCUT2D eigenvalue weighted by Crippen LogP contribution is -2.20. The van der Waals surface area contributed by atoms with E-state index in [2.05, 4.69) is 25.5 Å². The quantitative estimate of drug-likeness (QED) is 0.486. The third-order valence-electron chi connectivity index (χ3n) is 5.29. The molecule has 0 radical (unpaired) electrons. The lowest BCUT2D eigenvalue weighted by molar-refractivity contribution is -0.116. The summed E-state index contributed by atoms with van der Waals surface area (Å²) in [5.74, 6) is -0.146. The van der Waals surface area contributed by atoms with Gasteiger partial charge in [-0.05, 0) is 31.9 Å². The fourth-order valence-electron chi connectivity index (χ4n) is 3.65. The lowest BCUT2D eigenvalue weighted by Gasteiger charge is -2.08. The summed E-state index contributed by atoms with van der Waals surface area (Å²) in [5.41, 5.74) is 2.87. The molecule has 4 aromatic rings. The SMILES string of the molecule is Cc1nn(CC(=O)Nc2nc(-c3ccnn3C)cs2)c2nc(C3CC3)cc(C(F)F)c12. The number of thiazole rings is 1. The van der Waals surface area contributed by atoms with Gasteiger partial charge in [-0.3, -0.25) is 9.48 Å². The first-order valence-electron chi connectivity index (χ1n) is 9.80. The summed E-state index contributed by atoms with van der Waals surface area (Å²) in [4.78, 5) is 21.6. The molecule has 1 N–H and O–H groups in total. The van der Waals surface area contributed by atoms with Crippen LogP contribution in [0, 0.1) is 6.92 Å². The number of hydrogen-bond donors (Lipinski definition) is 1. The first-order valence-corrected chi connectivity index (χ1v) is 10.7. The summed E-state index contributed by atoms with van der Waals surface area (Å²) in [6.45, 7) is 1.51. The molecule has 1 amide bonds. The van der Waals surface area contributed by atoms with Crippen molar-refractivity contribution in [2.75, 3.05) is 5.32 Å². The zero-order chi connectivity index (χ0) is 21.7. The number of alkyl halides is 2. The molecule has 5 rings (SSSR count). The Balaban J connectivity index is 1.41. The monoisotopic (exact) mass is 443 g/mol. The van der Waals surface area contributed by atoms with Crippen molar-refractivity contribution < 1.29 is 13.6 Å². The molecule has 0 atom stereocenters. The molecule has 1 aliphatic carbocycles. The van der Waals surface area contributed by atoms with E-state index in [4.69, 9.17) is 0 Å². The van der Waals surface area contributed by atoms with Crippen LogP contribution in [0.3, 0.4) is 0 Å². The Labute approximate surface area is 179 Å². The Morgan fingerprint density at radius 1 is 1.35 bits per heavy atom. The molecule has 0 aromatic carbocycles. The Kier molecular flexibility index (Phi) is 4.77. The Morgan fingerprint density at radius 3 is 2.84 bits per heavy atom. The highest BCUT2D eigenvalue weighted by Crippen LogP contribution is 2.41. The maximum Gasteiger partial charge on any atom is 0.264 e. The normalized spacial score (nSPS) is 14.0. The predicted octanol–water partition coefficient (Wildman–Crippen LogP) is 4.05. The molecule has 0 spiro atoms. The van der Waals surface area contributed by atoms with Gasteiger partial charge in [0.15, 0.2) is 10.8 Å². The number of aryl methyl sites for hydroxylation is 2. The zero-order valence-electron chi connectivity index (χ0n) is 16.8. The highest BCUT2D eigenvalue weighted by molar-refractivity contribution is 7.14. The molecular weight excluding hydrogens is 424 g/mol. The van der Waals surface area contributed by atoms with Gasteiger partial charge in [-0.25, -0.2) is 23.4 Å². The number of halogens is 2. The molecule has 8 nitrogen and oxygen atoms in total. The second-order valence-electron chi connectivity index (χ2n) is 7.58. The average Bonchev–Trinajstić information content (AvgIpc) is 3.22. The molecule has 1 aliphatic rings. The van der Waals surface area contributed by atoms with E-state index < -0.39 is 6.43 Å². The minimum Gasteiger partial charge on any atom is -0.300 e. The summed E-state index contributed by atoms with van der Waals surface area (Å²) >= 11 is 1.30. The van der Waals surface area contributed by atoms with Crippen LogP contribution in [0.25, 0.3) is 22.4 Å². The van der Waals surface area contributed by atoms with Crippen molar-refractivity contribution in [3.05, 3.63) is 40.7 Å². The van der Waals surface area contributed by atoms with Gasteiger partial charge in [-0.15, -0.1) is 11.3 Å². The second-order valence-corrected chi connectivity index (χ2v) is 8.44. The van der Waals surface area contributed by atoms with E-state index in [0.29, 0.717) is 33.2 Å². The zero-order valence-corrected chi connectivity index (χ0v) is 17.7. The highest BCUT2D eigenvalue weighted by atomic mass is 32.1. The smallest absolute Gasteiger partial charge is 0.264 e. The van der Waals surface area contributed by atoms with E-state index in [0.717, 1.165) is 18.5 Å². The minimum atomic E-state index is -2.63. The molecule has 1 fully saturated rings. The number of aromatic nitrogens is 6. The van der Waals surface area contributed by atoms with Crippen molar-refractivity contribution in [1.82, 2.24) is 29.5 Å². The molecule has 4 aromatic heterocycles. The third kappa shape index (κ3) is 3.69. The molecule has 0 unspecified atom stereocenters. The fourth-order valence-corrected chi connectivity index (χ4v) is 4.37. The van der Waals surface area contributed by atoms with Crippen LogP contribution in [0.1, 0.15) is 42.1 Å². The van der Waals surface area contributed by atoms with Gasteiger partial charge in [0.25, 0.3) is 6.43 Å². The molecule has 11 heteroatoms. The number of rotatable bonds is 6. The van der Waals surface area contributed by atoms with Gasteiger partial charge in [0, 0.05) is 35.8 Å². The molecule has 0 bridgehead atoms. The summed E-state index contributed by atoms with van der Waals surface area (Å²) in [7, 11) is 1.81. The Morgan fingerprint density at radius 2 is 2.16 bits per heavy atom. The second kappa shape index (κ2) is 7.49. The van der Waals surface area contributed by atoms with Crippen molar-refractivity contribution in [2.45, 2.75) is 38.7 Å². The standard InChI is InChI=1S/C20H19F2N7OS/c1-10-17-12(18(21)22)7-13(11-3-4-11)24-19(17)29(27-10)8-16(30)26-20-25-14(9-31-20)15-5-6-23-28(15)2/h5-7,9,11,18H,3-4,8H2,1-2H3,(H,25,26,30).